The Kier molecular flexibility index (Phi) is 3.96. The van der Waals surface area contributed by atoms with Crippen LogP contribution in [0.5, 0.6) is 5.75 Å². The maximum Gasteiger partial charge on any atom is 0.229 e. The zero-order valence-corrected chi connectivity index (χ0v) is 14.2. The summed E-state index contributed by atoms with van der Waals surface area (Å²) in [5.74, 6) is 0.696. The lowest BCUT2D eigenvalue weighted by atomic mass is 10.2. The molecule has 1 N–H and O–H groups in total. The van der Waals surface area contributed by atoms with Gasteiger partial charge in [-0.25, -0.2) is 14.1 Å². The SMILES string of the molecule is COc1ccc(F)cc1Cn1ncc2cnc(Nc3cnn(C)c3)nc21. The van der Waals surface area contributed by atoms with Crippen molar-refractivity contribution in [1.29, 1.82) is 0 Å². The molecule has 0 fully saturated rings. The molecule has 4 rings (SSSR count). The molecule has 0 unspecified atom stereocenters. The van der Waals surface area contributed by atoms with Crippen LogP contribution < -0.4 is 10.1 Å². The molecule has 0 saturated carbocycles. The van der Waals surface area contributed by atoms with Crippen LogP contribution in [0.4, 0.5) is 16.0 Å². The molecule has 3 aromatic heterocycles. The number of aryl methyl sites for hydroxylation is 1. The number of methoxy groups -OCH3 is 1. The van der Waals surface area contributed by atoms with Crippen molar-refractivity contribution in [1.82, 2.24) is 29.5 Å². The predicted octanol–water partition coefficient (Wildman–Crippen LogP) is 2.50. The molecule has 0 aliphatic heterocycles. The van der Waals surface area contributed by atoms with Gasteiger partial charge in [0.1, 0.15) is 11.6 Å². The summed E-state index contributed by atoms with van der Waals surface area (Å²) in [5.41, 5.74) is 2.10. The summed E-state index contributed by atoms with van der Waals surface area (Å²) in [6, 6.07) is 4.39. The van der Waals surface area contributed by atoms with Gasteiger partial charge in [0.25, 0.3) is 0 Å². The number of ether oxygens (including phenoxy) is 1. The van der Waals surface area contributed by atoms with Crippen LogP contribution in [0.3, 0.4) is 0 Å². The number of nitrogens with zero attached hydrogens (tertiary/aromatic N) is 6. The Morgan fingerprint density at radius 3 is 2.85 bits per heavy atom. The molecule has 9 heteroatoms. The van der Waals surface area contributed by atoms with Crippen molar-refractivity contribution in [3.63, 3.8) is 0 Å². The highest BCUT2D eigenvalue weighted by Gasteiger charge is 2.11. The van der Waals surface area contributed by atoms with Crippen LogP contribution in [0.2, 0.25) is 0 Å². The van der Waals surface area contributed by atoms with Gasteiger partial charge in [-0.15, -0.1) is 0 Å². The molecule has 8 nitrogen and oxygen atoms in total. The Morgan fingerprint density at radius 1 is 1.19 bits per heavy atom. The fraction of sp³-hybridized carbons (Fsp3) is 0.176. The summed E-state index contributed by atoms with van der Waals surface area (Å²) in [4.78, 5) is 8.80. The monoisotopic (exact) mass is 353 g/mol. The van der Waals surface area contributed by atoms with Crippen molar-refractivity contribution in [3.05, 3.63) is 54.4 Å². The standard InChI is InChI=1S/C17H16FN7O/c1-24-10-14(8-20-24)22-17-19-6-12-7-21-25(16(12)23-17)9-11-5-13(18)3-4-15(11)26-2/h3-8,10H,9H2,1-2H3,(H,19,22,23). The van der Waals surface area contributed by atoms with Gasteiger partial charge in [-0.05, 0) is 18.2 Å². The summed E-state index contributed by atoms with van der Waals surface area (Å²) in [6.45, 7) is 0.327. The number of hydrogen-bond acceptors (Lipinski definition) is 6. The Hall–Kier alpha value is -3.49. The number of anilines is 2. The summed E-state index contributed by atoms with van der Waals surface area (Å²) >= 11 is 0. The van der Waals surface area contributed by atoms with Crippen molar-refractivity contribution in [3.8, 4) is 5.75 Å². The molecular formula is C17H16FN7O. The normalized spacial score (nSPS) is 11.0. The third kappa shape index (κ3) is 3.06. The van der Waals surface area contributed by atoms with E-state index in [0.717, 1.165) is 11.1 Å². The number of hydrogen-bond donors (Lipinski definition) is 1. The van der Waals surface area contributed by atoms with E-state index in [0.29, 0.717) is 29.5 Å². The lowest BCUT2D eigenvalue weighted by molar-refractivity contribution is 0.406. The lowest BCUT2D eigenvalue weighted by Crippen LogP contribution is -2.06. The van der Waals surface area contributed by atoms with E-state index < -0.39 is 0 Å². The second-order valence-corrected chi connectivity index (χ2v) is 5.76. The summed E-state index contributed by atoms with van der Waals surface area (Å²) in [7, 11) is 3.38. The van der Waals surface area contributed by atoms with E-state index in [1.807, 2.05) is 13.2 Å². The van der Waals surface area contributed by atoms with Crippen LogP contribution in [-0.4, -0.2) is 36.6 Å². The van der Waals surface area contributed by atoms with Crippen molar-refractivity contribution in [2.24, 2.45) is 7.05 Å². The van der Waals surface area contributed by atoms with Gasteiger partial charge in [-0.1, -0.05) is 0 Å². The summed E-state index contributed by atoms with van der Waals surface area (Å²) < 4.78 is 22.3. The van der Waals surface area contributed by atoms with E-state index in [1.54, 1.807) is 41.1 Å². The van der Waals surface area contributed by atoms with Crippen LogP contribution in [0.15, 0.2) is 43.0 Å². The Balaban J connectivity index is 1.67. The first-order chi connectivity index (χ1) is 12.6. The predicted molar refractivity (Wildman–Crippen MR) is 93.9 cm³/mol. The highest BCUT2D eigenvalue weighted by Crippen LogP contribution is 2.22. The topological polar surface area (TPSA) is 82.7 Å². The average Bonchev–Trinajstić information content (AvgIpc) is 3.21. The van der Waals surface area contributed by atoms with Crippen molar-refractivity contribution in [2.75, 3.05) is 12.4 Å². The minimum atomic E-state index is -0.328. The van der Waals surface area contributed by atoms with E-state index in [-0.39, 0.29) is 5.82 Å². The molecule has 132 valence electrons. The second-order valence-electron chi connectivity index (χ2n) is 5.76. The zero-order valence-electron chi connectivity index (χ0n) is 14.2. The largest absolute Gasteiger partial charge is 0.496 e. The van der Waals surface area contributed by atoms with Gasteiger partial charge in [0.2, 0.25) is 5.95 Å². The Morgan fingerprint density at radius 2 is 2.08 bits per heavy atom. The minimum absolute atomic E-state index is 0.327. The molecule has 26 heavy (non-hydrogen) atoms. The fourth-order valence-corrected chi connectivity index (χ4v) is 2.69. The number of fused-ring (bicyclic) bond motifs is 1. The van der Waals surface area contributed by atoms with Gasteiger partial charge in [0.15, 0.2) is 5.65 Å². The van der Waals surface area contributed by atoms with Crippen molar-refractivity contribution in [2.45, 2.75) is 6.54 Å². The van der Waals surface area contributed by atoms with Crippen molar-refractivity contribution < 1.29 is 9.13 Å². The maximum absolute atomic E-state index is 13.6. The van der Waals surface area contributed by atoms with Gasteiger partial charge in [0.05, 0.1) is 37.1 Å². The number of benzene rings is 1. The highest BCUT2D eigenvalue weighted by molar-refractivity contribution is 5.75. The molecule has 0 aliphatic rings. The van der Waals surface area contributed by atoms with Gasteiger partial charge >= 0.3 is 0 Å². The van der Waals surface area contributed by atoms with Gasteiger partial charge in [0, 0.05) is 25.0 Å². The van der Waals surface area contributed by atoms with E-state index in [9.17, 15) is 4.39 Å². The second kappa shape index (κ2) is 6.43. The van der Waals surface area contributed by atoms with E-state index in [2.05, 4.69) is 25.5 Å². The average molecular weight is 353 g/mol. The van der Waals surface area contributed by atoms with Crippen LogP contribution in [0.25, 0.3) is 11.0 Å². The van der Waals surface area contributed by atoms with E-state index >= 15 is 0 Å². The molecule has 1 aromatic carbocycles. The first kappa shape index (κ1) is 16.0. The molecular weight excluding hydrogens is 337 g/mol. The lowest BCUT2D eigenvalue weighted by Gasteiger charge is -2.09. The van der Waals surface area contributed by atoms with Gasteiger partial charge in [-0.3, -0.25) is 4.68 Å². The molecule has 0 atom stereocenters. The van der Waals surface area contributed by atoms with Gasteiger partial charge < -0.3 is 10.1 Å². The van der Waals surface area contributed by atoms with Crippen LogP contribution in [0.1, 0.15) is 5.56 Å². The number of aromatic nitrogens is 6. The molecule has 0 bridgehead atoms. The van der Waals surface area contributed by atoms with Crippen LogP contribution in [0, 0.1) is 5.82 Å². The fourth-order valence-electron chi connectivity index (χ4n) is 2.69. The molecule has 3 heterocycles. The molecule has 0 aliphatic carbocycles. The van der Waals surface area contributed by atoms with Crippen LogP contribution in [-0.2, 0) is 13.6 Å². The molecule has 4 aromatic rings. The summed E-state index contributed by atoms with van der Waals surface area (Å²) in [6.07, 6.45) is 6.87. The number of rotatable bonds is 5. The third-order valence-electron chi connectivity index (χ3n) is 3.90. The summed E-state index contributed by atoms with van der Waals surface area (Å²) in [5, 5.41) is 12.3. The maximum atomic E-state index is 13.6. The molecule has 0 radical (unpaired) electrons. The zero-order chi connectivity index (χ0) is 18.1. The third-order valence-corrected chi connectivity index (χ3v) is 3.90. The number of nitrogens with one attached hydrogen (secondary N) is 1. The van der Waals surface area contributed by atoms with Gasteiger partial charge in [-0.2, -0.15) is 15.2 Å². The first-order valence-corrected chi connectivity index (χ1v) is 7.89. The molecule has 0 spiro atoms. The van der Waals surface area contributed by atoms with E-state index in [1.165, 1.54) is 12.1 Å². The molecule has 0 amide bonds. The quantitative estimate of drug-likeness (QED) is 0.594. The Labute approximate surface area is 148 Å². The smallest absolute Gasteiger partial charge is 0.229 e. The minimum Gasteiger partial charge on any atom is -0.496 e. The first-order valence-electron chi connectivity index (χ1n) is 7.89. The Bertz CT molecular complexity index is 1070. The van der Waals surface area contributed by atoms with Crippen molar-refractivity contribution >= 4 is 22.7 Å². The highest BCUT2D eigenvalue weighted by atomic mass is 19.1. The number of halogens is 1. The van der Waals surface area contributed by atoms with E-state index in [4.69, 9.17) is 4.74 Å². The molecule has 0 saturated heterocycles. The van der Waals surface area contributed by atoms with Crippen LogP contribution >= 0.6 is 0 Å².